The average molecular weight is 256 g/mol. The van der Waals surface area contributed by atoms with Gasteiger partial charge in [0.1, 0.15) is 12.1 Å². The molecule has 0 bridgehead atoms. The van der Waals surface area contributed by atoms with E-state index >= 15 is 0 Å². The van der Waals surface area contributed by atoms with E-state index in [-0.39, 0.29) is 0 Å². The summed E-state index contributed by atoms with van der Waals surface area (Å²) in [6.07, 6.45) is 4.04. The lowest BCUT2D eigenvalue weighted by Gasteiger charge is -2.30. The fraction of sp³-hybridized carbons (Fsp3) is 0.600. The lowest BCUT2D eigenvalue weighted by atomic mass is 10.1. The monoisotopic (exact) mass is 255 g/mol. The third kappa shape index (κ3) is 2.23. The van der Waals surface area contributed by atoms with Crippen LogP contribution in [-0.4, -0.2) is 27.9 Å². The van der Waals surface area contributed by atoms with E-state index in [0.717, 1.165) is 24.6 Å². The molecule has 0 spiro atoms. The minimum Gasteiger partial charge on any atom is -0.356 e. The molecule has 1 aliphatic rings. The molecule has 3 nitrogen and oxygen atoms in total. The van der Waals surface area contributed by atoms with Gasteiger partial charge in [-0.25, -0.2) is 9.97 Å². The van der Waals surface area contributed by atoms with E-state index in [9.17, 15) is 0 Å². The van der Waals surface area contributed by atoms with Crippen LogP contribution in [0, 0.1) is 6.92 Å². The van der Waals surface area contributed by atoms with Crippen molar-refractivity contribution in [3.05, 3.63) is 18.1 Å². The number of hydrogen-bond donors (Lipinski definition) is 0. The lowest BCUT2D eigenvalue weighted by molar-refractivity contribution is 0.592. The number of hydrogen-bond acceptors (Lipinski definition) is 3. The first-order valence-electron chi connectivity index (χ1n) is 4.93. The molecule has 0 saturated carbocycles. The second kappa shape index (κ2) is 4.26. The van der Waals surface area contributed by atoms with Gasteiger partial charge in [0.05, 0.1) is 0 Å². The number of anilines is 1. The molecule has 1 saturated heterocycles. The van der Waals surface area contributed by atoms with Crippen molar-refractivity contribution >= 4 is 21.7 Å². The summed E-state index contributed by atoms with van der Waals surface area (Å²) in [5, 5.41) is 0. The van der Waals surface area contributed by atoms with Crippen LogP contribution in [0.3, 0.4) is 0 Å². The zero-order chi connectivity index (χ0) is 9.97. The summed E-state index contributed by atoms with van der Waals surface area (Å²) < 4.78 is 0. The van der Waals surface area contributed by atoms with E-state index in [0.29, 0.717) is 4.83 Å². The fourth-order valence-electron chi connectivity index (χ4n) is 1.69. The van der Waals surface area contributed by atoms with Crippen molar-refractivity contribution in [2.24, 2.45) is 0 Å². The van der Waals surface area contributed by atoms with E-state index in [1.807, 2.05) is 6.92 Å². The molecule has 0 amide bonds. The molecule has 0 N–H and O–H groups in total. The minimum atomic E-state index is 0.682. The van der Waals surface area contributed by atoms with E-state index in [2.05, 4.69) is 36.9 Å². The van der Waals surface area contributed by atoms with Gasteiger partial charge in [0.15, 0.2) is 0 Å². The Hall–Kier alpha value is -0.640. The van der Waals surface area contributed by atoms with Crippen LogP contribution in [0.2, 0.25) is 0 Å². The van der Waals surface area contributed by atoms with Gasteiger partial charge in [0.2, 0.25) is 0 Å². The quantitative estimate of drug-likeness (QED) is 0.721. The summed E-state index contributed by atoms with van der Waals surface area (Å²) in [6, 6.07) is 2.05. The molecule has 1 aliphatic heterocycles. The van der Waals surface area contributed by atoms with Gasteiger partial charge < -0.3 is 4.90 Å². The van der Waals surface area contributed by atoms with E-state index in [4.69, 9.17) is 0 Å². The SMILES string of the molecule is Cc1cc(N2CCC(Br)CC2)ncn1. The highest BCUT2D eigenvalue weighted by molar-refractivity contribution is 9.09. The molecule has 0 unspecified atom stereocenters. The Bertz CT molecular complexity index is 308. The van der Waals surface area contributed by atoms with Gasteiger partial charge in [-0.1, -0.05) is 15.9 Å². The molecule has 76 valence electrons. The van der Waals surface area contributed by atoms with E-state index in [1.165, 1.54) is 12.8 Å². The number of aryl methyl sites for hydroxylation is 1. The topological polar surface area (TPSA) is 29.0 Å². The Morgan fingerprint density at radius 1 is 1.36 bits per heavy atom. The molecule has 0 aromatic carbocycles. The molecule has 1 aromatic rings. The summed E-state index contributed by atoms with van der Waals surface area (Å²) in [4.78, 5) is 11.4. The summed E-state index contributed by atoms with van der Waals surface area (Å²) in [5.74, 6) is 1.07. The minimum absolute atomic E-state index is 0.682. The zero-order valence-corrected chi connectivity index (χ0v) is 9.87. The van der Waals surface area contributed by atoms with Crippen LogP contribution in [0.4, 0.5) is 5.82 Å². The van der Waals surface area contributed by atoms with Gasteiger partial charge >= 0.3 is 0 Å². The van der Waals surface area contributed by atoms with Gasteiger partial charge in [-0.3, -0.25) is 0 Å². The average Bonchev–Trinajstić information content (AvgIpc) is 2.19. The Kier molecular flexibility index (Phi) is 3.01. The number of alkyl halides is 1. The van der Waals surface area contributed by atoms with Crippen molar-refractivity contribution in [2.75, 3.05) is 18.0 Å². The van der Waals surface area contributed by atoms with Crippen molar-refractivity contribution < 1.29 is 0 Å². The Balaban J connectivity index is 2.08. The van der Waals surface area contributed by atoms with Crippen LogP contribution in [0.1, 0.15) is 18.5 Å². The van der Waals surface area contributed by atoms with Crippen LogP contribution < -0.4 is 4.90 Å². The van der Waals surface area contributed by atoms with Gasteiger partial charge in [0, 0.05) is 29.7 Å². The molecule has 4 heteroatoms. The number of aromatic nitrogens is 2. The molecule has 14 heavy (non-hydrogen) atoms. The van der Waals surface area contributed by atoms with E-state index < -0.39 is 0 Å². The number of rotatable bonds is 1. The maximum Gasteiger partial charge on any atom is 0.132 e. The number of piperidine rings is 1. The summed E-state index contributed by atoms with van der Waals surface area (Å²) in [6.45, 7) is 4.18. The Morgan fingerprint density at radius 3 is 2.71 bits per heavy atom. The van der Waals surface area contributed by atoms with E-state index in [1.54, 1.807) is 6.33 Å². The fourth-order valence-corrected chi connectivity index (χ4v) is 2.10. The highest BCUT2D eigenvalue weighted by atomic mass is 79.9. The molecule has 0 radical (unpaired) electrons. The molecule has 1 aromatic heterocycles. The standard InChI is InChI=1S/C10H14BrN3/c1-8-6-10(13-7-12-8)14-4-2-9(11)3-5-14/h6-7,9H,2-5H2,1H3. The number of halogens is 1. The smallest absolute Gasteiger partial charge is 0.132 e. The van der Waals surface area contributed by atoms with Crippen LogP contribution in [0.25, 0.3) is 0 Å². The van der Waals surface area contributed by atoms with Crippen LogP contribution in [0.5, 0.6) is 0 Å². The lowest BCUT2D eigenvalue weighted by Crippen LogP contribution is -2.34. The highest BCUT2D eigenvalue weighted by Crippen LogP contribution is 2.21. The Morgan fingerprint density at radius 2 is 2.07 bits per heavy atom. The molecular weight excluding hydrogens is 242 g/mol. The maximum atomic E-state index is 4.29. The van der Waals surface area contributed by atoms with Crippen LogP contribution in [-0.2, 0) is 0 Å². The molecule has 2 rings (SSSR count). The third-order valence-corrected chi connectivity index (χ3v) is 3.45. The van der Waals surface area contributed by atoms with Crippen molar-refractivity contribution in [3.63, 3.8) is 0 Å². The maximum absolute atomic E-state index is 4.29. The molecular formula is C10H14BrN3. The first kappa shape index (κ1) is 9.90. The second-order valence-corrected chi connectivity index (χ2v) is 4.97. The highest BCUT2D eigenvalue weighted by Gasteiger charge is 2.17. The van der Waals surface area contributed by atoms with Gasteiger partial charge in [-0.15, -0.1) is 0 Å². The van der Waals surface area contributed by atoms with Crippen molar-refractivity contribution in [2.45, 2.75) is 24.6 Å². The van der Waals surface area contributed by atoms with Gasteiger partial charge in [-0.2, -0.15) is 0 Å². The first-order chi connectivity index (χ1) is 6.75. The largest absolute Gasteiger partial charge is 0.356 e. The second-order valence-electron chi connectivity index (χ2n) is 3.68. The summed E-state index contributed by atoms with van der Waals surface area (Å²) in [7, 11) is 0. The Labute approximate surface area is 92.7 Å². The molecule has 0 aliphatic carbocycles. The number of nitrogens with zero attached hydrogens (tertiary/aromatic N) is 3. The van der Waals surface area contributed by atoms with Gasteiger partial charge in [0.25, 0.3) is 0 Å². The van der Waals surface area contributed by atoms with Crippen molar-refractivity contribution in [1.29, 1.82) is 0 Å². The van der Waals surface area contributed by atoms with Crippen LogP contribution >= 0.6 is 15.9 Å². The molecule has 2 heterocycles. The summed E-state index contributed by atoms with van der Waals surface area (Å²) >= 11 is 3.64. The molecule has 1 fully saturated rings. The predicted octanol–water partition coefficient (Wildman–Crippen LogP) is 2.15. The summed E-state index contributed by atoms with van der Waals surface area (Å²) in [5.41, 5.74) is 1.04. The van der Waals surface area contributed by atoms with Crippen molar-refractivity contribution in [3.8, 4) is 0 Å². The van der Waals surface area contributed by atoms with Crippen molar-refractivity contribution in [1.82, 2.24) is 9.97 Å². The first-order valence-corrected chi connectivity index (χ1v) is 5.85. The zero-order valence-electron chi connectivity index (χ0n) is 8.28. The third-order valence-electron chi connectivity index (χ3n) is 2.54. The van der Waals surface area contributed by atoms with Crippen LogP contribution in [0.15, 0.2) is 12.4 Å². The molecule has 0 atom stereocenters. The normalized spacial score (nSPS) is 18.6. The van der Waals surface area contributed by atoms with Gasteiger partial charge in [-0.05, 0) is 19.8 Å². The predicted molar refractivity (Wildman–Crippen MR) is 60.9 cm³/mol.